The molecule has 0 aliphatic carbocycles. The van der Waals surface area contributed by atoms with Crippen molar-refractivity contribution in [2.45, 2.75) is 25.9 Å². The van der Waals surface area contributed by atoms with Crippen LogP contribution in [0.5, 0.6) is 0 Å². The number of anilines is 1. The summed E-state index contributed by atoms with van der Waals surface area (Å²) in [5.41, 5.74) is 2.85. The third-order valence-corrected chi connectivity index (χ3v) is 4.97. The molecule has 0 saturated carbocycles. The Morgan fingerprint density at radius 3 is 2.41 bits per heavy atom. The Labute approximate surface area is 158 Å². The van der Waals surface area contributed by atoms with Crippen LogP contribution in [0.2, 0.25) is 0 Å². The summed E-state index contributed by atoms with van der Waals surface area (Å²) in [6, 6.07) is 12.7. The van der Waals surface area contributed by atoms with E-state index in [0.29, 0.717) is 12.2 Å². The number of rotatable bonds is 7. The summed E-state index contributed by atoms with van der Waals surface area (Å²) in [7, 11) is 1.61. The van der Waals surface area contributed by atoms with E-state index in [0.717, 1.165) is 12.1 Å². The van der Waals surface area contributed by atoms with Crippen molar-refractivity contribution in [3.05, 3.63) is 69.3 Å². The molecule has 0 spiro atoms. The molecule has 3 N–H and O–H groups in total. The number of nitrogens with one attached hydrogen (secondary N) is 3. The second-order valence-electron chi connectivity index (χ2n) is 6.87. The third-order valence-electron chi connectivity index (χ3n) is 4.97. The van der Waals surface area contributed by atoms with Gasteiger partial charge in [-0.25, -0.2) is 0 Å². The zero-order valence-corrected chi connectivity index (χ0v) is 15.5. The van der Waals surface area contributed by atoms with Crippen LogP contribution in [0.1, 0.15) is 34.3 Å². The average molecular weight is 369 g/mol. The number of likely N-dealkylation sites (tertiary alicyclic amines) is 1. The first-order valence-corrected chi connectivity index (χ1v) is 9.22. The summed E-state index contributed by atoms with van der Waals surface area (Å²) in [4.78, 5) is 24.6. The van der Waals surface area contributed by atoms with Gasteiger partial charge in [0.1, 0.15) is 12.2 Å². The molecule has 2 aromatic carbocycles. The number of nitrogens with zero attached hydrogens (tertiary/aromatic N) is 1. The molecule has 142 valence electrons. The first kappa shape index (κ1) is 18.8. The summed E-state index contributed by atoms with van der Waals surface area (Å²) < 4.78 is 0. The molecule has 1 aliphatic heterocycles. The summed E-state index contributed by atoms with van der Waals surface area (Å²) in [5.74, 6) is -0.327. The molecule has 0 aromatic heterocycles. The molecule has 7 nitrogen and oxygen atoms in total. The van der Waals surface area contributed by atoms with Gasteiger partial charge in [0.15, 0.2) is 0 Å². The van der Waals surface area contributed by atoms with Crippen LogP contribution in [0, 0.1) is 10.1 Å². The van der Waals surface area contributed by atoms with E-state index >= 15 is 0 Å². The Hall–Kier alpha value is -2.93. The highest BCUT2D eigenvalue weighted by Crippen LogP contribution is 2.25. The smallest absolute Gasteiger partial charge is 0.293 e. The molecule has 3 rings (SSSR count). The van der Waals surface area contributed by atoms with Crippen molar-refractivity contribution in [2.24, 2.45) is 0 Å². The van der Waals surface area contributed by atoms with Gasteiger partial charge < -0.3 is 15.5 Å². The minimum absolute atomic E-state index is 0.112. The number of quaternary nitrogens is 1. The van der Waals surface area contributed by atoms with Gasteiger partial charge >= 0.3 is 0 Å². The minimum atomic E-state index is -0.496. The maximum Gasteiger partial charge on any atom is 0.293 e. The monoisotopic (exact) mass is 369 g/mol. The molecular formula is C20H25N4O3+. The van der Waals surface area contributed by atoms with E-state index < -0.39 is 4.92 Å². The van der Waals surface area contributed by atoms with E-state index in [2.05, 4.69) is 22.8 Å². The van der Waals surface area contributed by atoms with Crippen molar-refractivity contribution in [1.29, 1.82) is 0 Å². The molecular weight excluding hydrogens is 344 g/mol. The average Bonchev–Trinajstić information content (AvgIpc) is 3.19. The molecule has 0 unspecified atom stereocenters. The van der Waals surface area contributed by atoms with Gasteiger partial charge in [-0.05, 0) is 17.7 Å². The Balaban J connectivity index is 1.58. The topological polar surface area (TPSA) is 88.7 Å². The van der Waals surface area contributed by atoms with Crippen molar-refractivity contribution in [2.75, 3.05) is 25.5 Å². The zero-order chi connectivity index (χ0) is 19.2. The summed E-state index contributed by atoms with van der Waals surface area (Å²) >= 11 is 0. The molecule has 27 heavy (non-hydrogen) atoms. The Kier molecular flexibility index (Phi) is 6.03. The summed E-state index contributed by atoms with van der Waals surface area (Å²) in [6.45, 7) is 3.93. The predicted octanol–water partition coefficient (Wildman–Crippen LogP) is 1.75. The third kappa shape index (κ3) is 4.83. The highest BCUT2D eigenvalue weighted by Gasteiger charge is 2.17. The SMILES string of the molecule is CNc1ccc(C(=O)NCc2ccc(C[NH+]3CCCC3)cc2)cc1[N+](=O)[O-]. The first-order valence-electron chi connectivity index (χ1n) is 9.22. The predicted molar refractivity (Wildman–Crippen MR) is 104 cm³/mol. The second-order valence-corrected chi connectivity index (χ2v) is 6.87. The van der Waals surface area contributed by atoms with E-state index in [9.17, 15) is 14.9 Å². The van der Waals surface area contributed by atoms with Crippen molar-refractivity contribution >= 4 is 17.3 Å². The summed E-state index contributed by atoms with van der Waals surface area (Å²) in [5, 5.41) is 16.7. The number of hydrogen-bond acceptors (Lipinski definition) is 4. The molecule has 1 heterocycles. The van der Waals surface area contributed by atoms with Crippen molar-refractivity contribution in [3.63, 3.8) is 0 Å². The Bertz CT molecular complexity index is 814. The van der Waals surface area contributed by atoms with E-state index in [1.807, 2.05) is 12.1 Å². The van der Waals surface area contributed by atoms with Crippen LogP contribution < -0.4 is 15.5 Å². The van der Waals surface area contributed by atoms with E-state index in [4.69, 9.17) is 0 Å². The fraction of sp³-hybridized carbons (Fsp3) is 0.350. The van der Waals surface area contributed by atoms with Crippen LogP contribution in [0.15, 0.2) is 42.5 Å². The van der Waals surface area contributed by atoms with Crippen LogP contribution >= 0.6 is 0 Å². The lowest BCUT2D eigenvalue weighted by atomic mass is 10.1. The molecule has 1 saturated heterocycles. The minimum Gasteiger partial charge on any atom is -0.383 e. The highest BCUT2D eigenvalue weighted by atomic mass is 16.6. The first-order chi connectivity index (χ1) is 13.1. The van der Waals surface area contributed by atoms with E-state index in [1.165, 1.54) is 37.6 Å². The van der Waals surface area contributed by atoms with Gasteiger partial charge in [0, 0.05) is 43.6 Å². The van der Waals surface area contributed by atoms with Crippen LogP contribution in [-0.2, 0) is 13.1 Å². The fourth-order valence-corrected chi connectivity index (χ4v) is 3.44. The van der Waals surface area contributed by atoms with Gasteiger partial charge in [0.2, 0.25) is 0 Å². The number of nitro benzene ring substituents is 1. The number of carbonyl (C=O) groups is 1. The standard InChI is InChI=1S/C20H24N4O3/c1-21-18-9-8-17(12-19(18)24(26)27)20(25)22-13-15-4-6-16(7-5-15)14-23-10-2-3-11-23/h4-9,12,21H,2-3,10-11,13-14H2,1H3,(H,22,25)/p+1. The molecule has 1 amide bonds. The zero-order valence-electron chi connectivity index (χ0n) is 15.5. The number of nitro groups is 1. The highest BCUT2D eigenvalue weighted by molar-refractivity contribution is 5.95. The van der Waals surface area contributed by atoms with Crippen molar-refractivity contribution in [1.82, 2.24) is 5.32 Å². The fourth-order valence-electron chi connectivity index (χ4n) is 3.44. The van der Waals surface area contributed by atoms with Gasteiger partial charge in [-0.15, -0.1) is 0 Å². The largest absolute Gasteiger partial charge is 0.383 e. The van der Waals surface area contributed by atoms with Crippen molar-refractivity contribution < 1.29 is 14.6 Å². The molecule has 0 atom stereocenters. The maximum absolute atomic E-state index is 12.3. The molecule has 7 heteroatoms. The lowest BCUT2D eigenvalue weighted by Gasteiger charge is -2.12. The molecule has 1 fully saturated rings. The molecule has 0 bridgehead atoms. The molecule has 0 radical (unpaired) electrons. The van der Waals surface area contributed by atoms with Crippen LogP contribution in [0.3, 0.4) is 0 Å². The number of amides is 1. The number of hydrogen-bond donors (Lipinski definition) is 3. The second kappa shape index (κ2) is 8.64. The lowest BCUT2D eigenvalue weighted by Crippen LogP contribution is -3.08. The van der Waals surface area contributed by atoms with Gasteiger partial charge in [-0.1, -0.05) is 24.3 Å². The van der Waals surface area contributed by atoms with Gasteiger partial charge in [-0.2, -0.15) is 0 Å². The summed E-state index contributed by atoms with van der Waals surface area (Å²) in [6.07, 6.45) is 2.62. The van der Waals surface area contributed by atoms with Crippen LogP contribution in [-0.4, -0.2) is 31.0 Å². The Morgan fingerprint density at radius 2 is 1.78 bits per heavy atom. The van der Waals surface area contributed by atoms with Gasteiger partial charge in [-0.3, -0.25) is 14.9 Å². The van der Waals surface area contributed by atoms with E-state index in [1.54, 1.807) is 24.1 Å². The quantitative estimate of drug-likeness (QED) is 0.512. The molecule has 1 aliphatic rings. The lowest BCUT2D eigenvalue weighted by molar-refractivity contribution is -0.901. The van der Waals surface area contributed by atoms with Gasteiger partial charge in [0.25, 0.3) is 11.6 Å². The Morgan fingerprint density at radius 1 is 1.11 bits per heavy atom. The molecule has 2 aromatic rings. The number of carbonyl (C=O) groups excluding carboxylic acids is 1. The van der Waals surface area contributed by atoms with Crippen molar-refractivity contribution in [3.8, 4) is 0 Å². The van der Waals surface area contributed by atoms with Gasteiger partial charge in [0.05, 0.1) is 18.0 Å². The van der Waals surface area contributed by atoms with E-state index in [-0.39, 0.29) is 17.2 Å². The van der Waals surface area contributed by atoms with Crippen LogP contribution in [0.25, 0.3) is 0 Å². The normalized spacial score (nSPS) is 14.1. The number of benzene rings is 2. The maximum atomic E-state index is 12.3. The van der Waals surface area contributed by atoms with Crippen LogP contribution in [0.4, 0.5) is 11.4 Å².